The number of hydrogen-bond acceptors (Lipinski definition) is 6. The van der Waals surface area contributed by atoms with Crippen molar-refractivity contribution in [3.63, 3.8) is 0 Å². The molecule has 3 rings (SSSR count). The van der Waals surface area contributed by atoms with Gasteiger partial charge in [0.1, 0.15) is 0 Å². The number of benzene rings is 1. The highest BCUT2D eigenvalue weighted by molar-refractivity contribution is 7.89. The van der Waals surface area contributed by atoms with Crippen molar-refractivity contribution in [3.05, 3.63) is 36.2 Å². The fraction of sp³-hybridized carbons (Fsp3) is 0.556. The summed E-state index contributed by atoms with van der Waals surface area (Å²) in [6.07, 6.45) is 1.51. The van der Waals surface area contributed by atoms with Gasteiger partial charge in [-0.05, 0) is 18.6 Å². The first kappa shape index (κ1) is 19.0. The van der Waals surface area contributed by atoms with Crippen LogP contribution in [0.25, 0.3) is 11.5 Å². The molecule has 0 N–H and O–H groups in total. The fourth-order valence-corrected chi connectivity index (χ4v) is 4.98. The summed E-state index contributed by atoms with van der Waals surface area (Å²) in [7, 11) is -1.65. The van der Waals surface area contributed by atoms with Gasteiger partial charge >= 0.3 is 0 Å². The number of methoxy groups -OCH3 is 1. The Morgan fingerprint density at radius 3 is 2.69 bits per heavy atom. The van der Waals surface area contributed by atoms with Gasteiger partial charge in [-0.25, -0.2) is 12.7 Å². The number of unbranched alkanes of at least 4 members (excludes halogenated alkanes) is 1. The lowest BCUT2D eigenvalue weighted by atomic mass is 9.97. The lowest BCUT2D eigenvalue weighted by Gasteiger charge is -2.15. The van der Waals surface area contributed by atoms with Gasteiger partial charge in [0.2, 0.25) is 21.8 Å². The molecule has 142 valence electrons. The number of hydrogen-bond donors (Lipinski definition) is 0. The summed E-state index contributed by atoms with van der Waals surface area (Å²) in [6, 6.07) is 9.54. The number of nitrogens with zero attached hydrogens (tertiary/aromatic N) is 3. The smallest absolute Gasteiger partial charge is 0.247 e. The molecule has 0 spiro atoms. The highest BCUT2D eigenvalue weighted by atomic mass is 32.2. The summed E-state index contributed by atoms with van der Waals surface area (Å²) in [6.45, 7) is 3.22. The molecule has 0 radical (unpaired) electrons. The van der Waals surface area contributed by atoms with Crippen molar-refractivity contribution in [1.29, 1.82) is 0 Å². The fourth-order valence-electron chi connectivity index (χ4n) is 3.26. The normalized spacial score (nSPS) is 21.3. The minimum absolute atomic E-state index is 0.000440. The Balaban J connectivity index is 1.80. The van der Waals surface area contributed by atoms with E-state index in [9.17, 15) is 8.42 Å². The summed E-state index contributed by atoms with van der Waals surface area (Å²) < 4.78 is 37.8. The molecule has 0 bridgehead atoms. The van der Waals surface area contributed by atoms with Crippen LogP contribution < -0.4 is 0 Å². The van der Waals surface area contributed by atoms with E-state index < -0.39 is 10.0 Å². The maximum atomic E-state index is 12.6. The molecule has 1 fully saturated rings. The van der Waals surface area contributed by atoms with E-state index in [0.717, 1.165) is 12.0 Å². The summed E-state index contributed by atoms with van der Waals surface area (Å²) in [5.41, 5.74) is 0.847. The molecule has 1 aromatic carbocycles. The first-order valence-corrected chi connectivity index (χ1v) is 10.5. The van der Waals surface area contributed by atoms with Crippen molar-refractivity contribution in [1.82, 2.24) is 14.5 Å². The maximum Gasteiger partial charge on any atom is 0.247 e. The van der Waals surface area contributed by atoms with E-state index in [0.29, 0.717) is 37.9 Å². The Bertz CT molecular complexity index is 807. The SMILES string of the molecule is CCCCS(=O)(=O)N1C[C@@H](COC)[C@H](c2nnc(-c3ccccc3)o2)C1. The molecule has 0 unspecified atom stereocenters. The first-order valence-electron chi connectivity index (χ1n) is 8.90. The van der Waals surface area contributed by atoms with Crippen LogP contribution in [0.15, 0.2) is 34.7 Å². The Labute approximate surface area is 154 Å². The second kappa shape index (κ2) is 8.28. The second-order valence-corrected chi connectivity index (χ2v) is 8.71. The van der Waals surface area contributed by atoms with Crippen LogP contribution in [0.2, 0.25) is 0 Å². The molecule has 0 saturated carbocycles. The second-order valence-electron chi connectivity index (χ2n) is 6.62. The number of ether oxygens (including phenoxy) is 1. The van der Waals surface area contributed by atoms with Crippen molar-refractivity contribution >= 4 is 10.0 Å². The Morgan fingerprint density at radius 1 is 1.23 bits per heavy atom. The lowest BCUT2D eigenvalue weighted by Crippen LogP contribution is -2.31. The van der Waals surface area contributed by atoms with Gasteiger partial charge in [0.05, 0.1) is 18.3 Å². The van der Waals surface area contributed by atoms with Crippen LogP contribution in [0.3, 0.4) is 0 Å². The van der Waals surface area contributed by atoms with E-state index in [1.165, 1.54) is 0 Å². The van der Waals surface area contributed by atoms with Crippen LogP contribution in [0.4, 0.5) is 0 Å². The van der Waals surface area contributed by atoms with Gasteiger partial charge < -0.3 is 9.15 Å². The van der Waals surface area contributed by atoms with E-state index in [2.05, 4.69) is 10.2 Å². The molecule has 26 heavy (non-hydrogen) atoms. The average molecular weight is 379 g/mol. The maximum absolute atomic E-state index is 12.6. The molecule has 1 aliphatic rings. The molecular weight excluding hydrogens is 354 g/mol. The molecule has 1 aromatic heterocycles. The molecule has 2 atom stereocenters. The molecule has 1 aliphatic heterocycles. The highest BCUT2D eigenvalue weighted by Crippen LogP contribution is 2.35. The van der Waals surface area contributed by atoms with Gasteiger partial charge in [-0.1, -0.05) is 31.5 Å². The predicted molar refractivity (Wildman–Crippen MR) is 98.1 cm³/mol. The minimum atomic E-state index is -3.27. The van der Waals surface area contributed by atoms with Crippen LogP contribution in [-0.2, 0) is 14.8 Å². The minimum Gasteiger partial charge on any atom is -0.420 e. The van der Waals surface area contributed by atoms with E-state index >= 15 is 0 Å². The topological polar surface area (TPSA) is 85.5 Å². The Morgan fingerprint density at radius 2 is 2.00 bits per heavy atom. The monoisotopic (exact) mass is 379 g/mol. The van der Waals surface area contributed by atoms with Gasteiger partial charge in [0.15, 0.2) is 0 Å². The van der Waals surface area contributed by atoms with Crippen LogP contribution in [0, 0.1) is 5.92 Å². The highest BCUT2D eigenvalue weighted by Gasteiger charge is 2.41. The van der Waals surface area contributed by atoms with Crippen LogP contribution >= 0.6 is 0 Å². The van der Waals surface area contributed by atoms with Crippen LogP contribution in [0.1, 0.15) is 31.6 Å². The lowest BCUT2D eigenvalue weighted by molar-refractivity contribution is 0.147. The van der Waals surface area contributed by atoms with Gasteiger partial charge in [-0.15, -0.1) is 10.2 Å². The van der Waals surface area contributed by atoms with Crippen molar-refractivity contribution in [3.8, 4) is 11.5 Å². The largest absolute Gasteiger partial charge is 0.420 e. The third-order valence-corrected chi connectivity index (χ3v) is 6.61. The van der Waals surface area contributed by atoms with E-state index in [4.69, 9.17) is 9.15 Å². The molecule has 1 saturated heterocycles. The summed E-state index contributed by atoms with van der Waals surface area (Å²) in [4.78, 5) is 0. The molecular formula is C18H25N3O4S. The Hall–Kier alpha value is -1.77. The summed E-state index contributed by atoms with van der Waals surface area (Å²) in [5.74, 6) is 0.939. The van der Waals surface area contributed by atoms with Crippen molar-refractivity contribution in [2.75, 3.05) is 32.6 Å². The first-order chi connectivity index (χ1) is 12.5. The van der Waals surface area contributed by atoms with E-state index in [1.807, 2.05) is 37.3 Å². The van der Waals surface area contributed by atoms with Gasteiger partial charge in [-0.3, -0.25) is 0 Å². The van der Waals surface area contributed by atoms with Crippen LogP contribution in [-0.4, -0.2) is 55.5 Å². The number of sulfonamides is 1. The zero-order chi connectivity index (χ0) is 18.6. The third-order valence-electron chi connectivity index (χ3n) is 4.72. The standard InChI is InChI=1S/C18H25N3O4S/c1-3-4-10-26(22,23)21-11-15(13-24-2)16(12-21)18-20-19-17(25-18)14-8-6-5-7-9-14/h5-9,15-16H,3-4,10-13H2,1-2H3/t15-,16+/m0/s1. The number of rotatable bonds is 8. The van der Waals surface area contributed by atoms with Crippen molar-refractivity contribution in [2.24, 2.45) is 5.92 Å². The molecule has 2 heterocycles. The molecule has 8 heteroatoms. The van der Waals surface area contributed by atoms with E-state index in [-0.39, 0.29) is 17.6 Å². The van der Waals surface area contributed by atoms with Crippen LogP contribution in [0.5, 0.6) is 0 Å². The quantitative estimate of drug-likeness (QED) is 0.701. The number of aromatic nitrogens is 2. The van der Waals surface area contributed by atoms with E-state index in [1.54, 1.807) is 11.4 Å². The predicted octanol–water partition coefficient (Wildman–Crippen LogP) is 2.53. The zero-order valence-electron chi connectivity index (χ0n) is 15.2. The van der Waals surface area contributed by atoms with Crippen molar-refractivity contribution in [2.45, 2.75) is 25.7 Å². The van der Waals surface area contributed by atoms with Gasteiger partial charge in [0.25, 0.3) is 0 Å². The Kier molecular flexibility index (Phi) is 6.05. The zero-order valence-corrected chi connectivity index (χ0v) is 16.0. The summed E-state index contributed by atoms with van der Waals surface area (Å²) in [5, 5.41) is 8.33. The average Bonchev–Trinajstić information content (AvgIpc) is 3.28. The third kappa shape index (κ3) is 4.13. The summed E-state index contributed by atoms with van der Waals surface area (Å²) >= 11 is 0. The van der Waals surface area contributed by atoms with Gasteiger partial charge in [-0.2, -0.15) is 0 Å². The molecule has 0 amide bonds. The van der Waals surface area contributed by atoms with Crippen molar-refractivity contribution < 1.29 is 17.6 Å². The van der Waals surface area contributed by atoms with Gasteiger partial charge in [0, 0.05) is 31.7 Å². The molecule has 2 aromatic rings. The molecule has 7 nitrogen and oxygen atoms in total. The molecule has 0 aliphatic carbocycles.